The molecule has 0 spiro atoms. The molecule has 1 saturated carbocycles. The number of carbonyl (C=O) groups excluding carboxylic acids is 1. The van der Waals surface area contributed by atoms with Crippen LogP contribution in [0.15, 0.2) is 36.4 Å². The SMILES string of the molecule is Cc1ccc(NC(=O)[C@H]2C[C@H]2c2cc(Cl)cc(Cl)c2)cc1C. The number of hydrogen-bond donors (Lipinski definition) is 1. The molecule has 2 aromatic carbocycles. The number of amides is 1. The van der Waals surface area contributed by atoms with Crippen LogP contribution < -0.4 is 5.32 Å². The minimum Gasteiger partial charge on any atom is -0.326 e. The fourth-order valence-electron chi connectivity index (χ4n) is 2.70. The van der Waals surface area contributed by atoms with E-state index in [1.54, 1.807) is 6.07 Å². The summed E-state index contributed by atoms with van der Waals surface area (Å²) in [6.07, 6.45) is 0.841. The van der Waals surface area contributed by atoms with Crippen molar-refractivity contribution in [2.24, 2.45) is 5.92 Å². The number of rotatable bonds is 3. The third kappa shape index (κ3) is 3.29. The van der Waals surface area contributed by atoms with Crippen molar-refractivity contribution < 1.29 is 4.79 Å². The van der Waals surface area contributed by atoms with E-state index in [0.717, 1.165) is 17.7 Å². The molecule has 22 heavy (non-hydrogen) atoms. The molecule has 114 valence electrons. The van der Waals surface area contributed by atoms with Gasteiger partial charge >= 0.3 is 0 Å². The standard InChI is InChI=1S/C18H17Cl2NO/c1-10-3-4-15(5-11(10)2)21-18(22)17-9-16(17)12-6-13(19)8-14(20)7-12/h3-8,16-17H,9H2,1-2H3,(H,21,22)/t16-,17-/m0/s1. The molecule has 0 aliphatic heterocycles. The maximum absolute atomic E-state index is 12.3. The number of halogens is 2. The Balaban J connectivity index is 1.68. The molecular formula is C18H17Cl2NO. The predicted molar refractivity (Wildman–Crippen MR) is 91.9 cm³/mol. The van der Waals surface area contributed by atoms with Crippen molar-refractivity contribution >= 4 is 34.8 Å². The fraction of sp³-hybridized carbons (Fsp3) is 0.278. The molecular weight excluding hydrogens is 317 g/mol. The van der Waals surface area contributed by atoms with Crippen LogP contribution in [-0.2, 0) is 4.79 Å². The summed E-state index contributed by atoms with van der Waals surface area (Å²) in [5, 5.41) is 4.22. The molecule has 1 fully saturated rings. The largest absolute Gasteiger partial charge is 0.326 e. The maximum Gasteiger partial charge on any atom is 0.228 e. The first-order valence-electron chi connectivity index (χ1n) is 7.28. The Kier molecular flexibility index (Phi) is 4.16. The van der Waals surface area contributed by atoms with Crippen LogP contribution in [0.4, 0.5) is 5.69 Å². The van der Waals surface area contributed by atoms with Crippen LogP contribution in [0.3, 0.4) is 0 Å². The Morgan fingerprint density at radius 2 is 1.73 bits per heavy atom. The molecule has 1 amide bonds. The lowest BCUT2D eigenvalue weighted by molar-refractivity contribution is -0.117. The highest BCUT2D eigenvalue weighted by Crippen LogP contribution is 2.49. The van der Waals surface area contributed by atoms with E-state index in [1.165, 1.54) is 11.1 Å². The first kappa shape index (κ1) is 15.4. The van der Waals surface area contributed by atoms with Gasteiger partial charge in [-0.05, 0) is 73.2 Å². The maximum atomic E-state index is 12.3. The first-order valence-corrected chi connectivity index (χ1v) is 8.04. The van der Waals surface area contributed by atoms with Crippen LogP contribution in [0, 0.1) is 19.8 Å². The van der Waals surface area contributed by atoms with Gasteiger partial charge in [-0.15, -0.1) is 0 Å². The van der Waals surface area contributed by atoms with E-state index in [2.05, 4.69) is 12.2 Å². The van der Waals surface area contributed by atoms with Gasteiger partial charge in [0.25, 0.3) is 0 Å². The highest BCUT2D eigenvalue weighted by Gasteiger charge is 2.44. The van der Waals surface area contributed by atoms with Crippen LogP contribution in [0.2, 0.25) is 10.0 Å². The van der Waals surface area contributed by atoms with Gasteiger partial charge in [-0.1, -0.05) is 29.3 Å². The quantitative estimate of drug-likeness (QED) is 0.805. The second-order valence-corrected chi connectivity index (χ2v) is 6.81. The molecule has 0 aromatic heterocycles. The molecule has 1 aliphatic carbocycles. The smallest absolute Gasteiger partial charge is 0.228 e. The summed E-state index contributed by atoms with van der Waals surface area (Å²) in [4.78, 5) is 12.3. The van der Waals surface area contributed by atoms with Crippen molar-refractivity contribution in [2.45, 2.75) is 26.2 Å². The number of anilines is 1. The molecule has 0 heterocycles. The van der Waals surface area contributed by atoms with Gasteiger partial charge in [0.1, 0.15) is 0 Å². The van der Waals surface area contributed by atoms with E-state index >= 15 is 0 Å². The van der Waals surface area contributed by atoms with E-state index in [0.29, 0.717) is 10.0 Å². The highest BCUT2D eigenvalue weighted by atomic mass is 35.5. The molecule has 0 saturated heterocycles. The third-order valence-electron chi connectivity index (χ3n) is 4.21. The first-order chi connectivity index (χ1) is 10.4. The number of aryl methyl sites for hydroxylation is 2. The molecule has 4 heteroatoms. The van der Waals surface area contributed by atoms with Crippen molar-refractivity contribution in [2.75, 3.05) is 5.32 Å². The fourth-order valence-corrected chi connectivity index (χ4v) is 3.24. The van der Waals surface area contributed by atoms with E-state index in [-0.39, 0.29) is 17.7 Å². The van der Waals surface area contributed by atoms with Crippen LogP contribution >= 0.6 is 23.2 Å². The van der Waals surface area contributed by atoms with Crippen LogP contribution in [0.5, 0.6) is 0 Å². The van der Waals surface area contributed by atoms with Gasteiger partial charge in [0.15, 0.2) is 0 Å². The average Bonchev–Trinajstić information content (AvgIpc) is 3.22. The third-order valence-corrected chi connectivity index (χ3v) is 4.65. The molecule has 1 aliphatic rings. The van der Waals surface area contributed by atoms with Crippen LogP contribution in [0.25, 0.3) is 0 Å². The predicted octanol–water partition coefficient (Wildman–Crippen LogP) is 5.35. The highest BCUT2D eigenvalue weighted by molar-refractivity contribution is 6.34. The zero-order valence-corrected chi connectivity index (χ0v) is 14.0. The number of hydrogen-bond acceptors (Lipinski definition) is 1. The lowest BCUT2D eigenvalue weighted by Crippen LogP contribution is -2.14. The van der Waals surface area contributed by atoms with E-state index in [1.807, 2.05) is 37.3 Å². The van der Waals surface area contributed by atoms with Gasteiger partial charge in [-0.3, -0.25) is 4.79 Å². The molecule has 1 N–H and O–H groups in total. The summed E-state index contributed by atoms with van der Waals surface area (Å²) in [5.74, 6) is 0.267. The van der Waals surface area contributed by atoms with Gasteiger partial charge < -0.3 is 5.32 Å². The zero-order chi connectivity index (χ0) is 15.9. The Hall–Kier alpha value is -1.51. The van der Waals surface area contributed by atoms with Crippen molar-refractivity contribution in [3.05, 3.63) is 63.1 Å². The Bertz CT molecular complexity index is 722. The lowest BCUT2D eigenvalue weighted by Gasteiger charge is -2.08. The van der Waals surface area contributed by atoms with Crippen molar-refractivity contribution in [1.29, 1.82) is 0 Å². The average molecular weight is 334 g/mol. The normalized spacial score (nSPS) is 19.8. The Morgan fingerprint density at radius 1 is 1.05 bits per heavy atom. The second kappa shape index (κ2) is 5.94. The van der Waals surface area contributed by atoms with Crippen LogP contribution in [0.1, 0.15) is 29.0 Å². The molecule has 2 atom stereocenters. The molecule has 2 nitrogen and oxygen atoms in total. The van der Waals surface area contributed by atoms with Gasteiger partial charge in [0.05, 0.1) is 0 Å². The number of benzene rings is 2. The zero-order valence-electron chi connectivity index (χ0n) is 12.5. The number of carbonyl (C=O) groups is 1. The van der Waals surface area contributed by atoms with Crippen molar-refractivity contribution in [3.63, 3.8) is 0 Å². The summed E-state index contributed by atoms with van der Waals surface area (Å²) in [7, 11) is 0. The van der Waals surface area contributed by atoms with Crippen molar-refractivity contribution in [1.82, 2.24) is 0 Å². The Morgan fingerprint density at radius 3 is 2.36 bits per heavy atom. The molecule has 0 unspecified atom stereocenters. The minimum absolute atomic E-state index is 0.00357. The lowest BCUT2D eigenvalue weighted by atomic mass is 10.1. The summed E-state index contributed by atoms with van der Waals surface area (Å²) in [6, 6.07) is 11.4. The van der Waals surface area contributed by atoms with Crippen molar-refractivity contribution in [3.8, 4) is 0 Å². The Labute approximate surface area is 140 Å². The number of nitrogens with one attached hydrogen (secondary N) is 1. The summed E-state index contributed by atoms with van der Waals surface area (Å²) in [5.41, 5.74) is 4.28. The molecule has 2 aromatic rings. The molecule has 0 bridgehead atoms. The van der Waals surface area contributed by atoms with Gasteiger partial charge in [0.2, 0.25) is 5.91 Å². The summed E-state index contributed by atoms with van der Waals surface area (Å²) >= 11 is 12.1. The van der Waals surface area contributed by atoms with E-state index in [9.17, 15) is 4.79 Å². The van der Waals surface area contributed by atoms with E-state index < -0.39 is 0 Å². The van der Waals surface area contributed by atoms with Gasteiger partial charge in [-0.2, -0.15) is 0 Å². The molecule has 3 rings (SSSR count). The second-order valence-electron chi connectivity index (χ2n) is 5.94. The summed E-state index contributed by atoms with van der Waals surface area (Å²) < 4.78 is 0. The van der Waals surface area contributed by atoms with Gasteiger partial charge in [-0.25, -0.2) is 0 Å². The summed E-state index contributed by atoms with van der Waals surface area (Å²) in [6.45, 7) is 4.10. The monoisotopic (exact) mass is 333 g/mol. The molecule has 0 radical (unpaired) electrons. The van der Waals surface area contributed by atoms with Crippen LogP contribution in [-0.4, -0.2) is 5.91 Å². The topological polar surface area (TPSA) is 29.1 Å². The minimum atomic E-state index is -0.00357. The van der Waals surface area contributed by atoms with E-state index in [4.69, 9.17) is 23.2 Å². The van der Waals surface area contributed by atoms with Gasteiger partial charge in [0, 0.05) is 21.7 Å².